The average Bonchev–Trinajstić information content (AvgIpc) is 2.42. The first kappa shape index (κ1) is 18.5. The van der Waals surface area contributed by atoms with Crippen molar-refractivity contribution >= 4 is 24.8 Å². The maximum atomic E-state index is 5.89. The third-order valence-corrected chi connectivity index (χ3v) is 3.21. The molecule has 0 bridgehead atoms. The Kier molecular flexibility index (Phi) is 9.14. The Morgan fingerprint density at radius 1 is 1.21 bits per heavy atom. The molecule has 1 aromatic carbocycles. The van der Waals surface area contributed by atoms with Crippen LogP contribution >= 0.6 is 24.8 Å². The van der Waals surface area contributed by atoms with Crippen LogP contribution in [0.15, 0.2) is 24.3 Å². The van der Waals surface area contributed by atoms with E-state index in [0.29, 0.717) is 6.54 Å². The van der Waals surface area contributed by atoms with Gasteiger partial charge in [-0.1, -0.05) is 12.1 Å². The maximum absolute atomic E-state index is 5.89. The summed E-state index contributed by atoms with van der Waals surface area (Å²) in [5.74, 6) is 0.881. The van der Waals surface area contributed by atoms with E-state index in [-0.39, 0.29) is 30.9 Å². The summed E-state index contributed by atoms with van der Waals surface area (Å²) in [6.45, 7) is 4.13. The lowest BCUT2D eigenvalue weighted by molar-refractivity contribution is 0.0179. The van der Waals surface area contributed by atoms with E-state index in [1.807, 2.05) is 12.1 Å². The largest absolute Gasteiger partial charge is 0.497 e. The zero-order chi connectivity index (χ0) is 12.1. The Labute approximate surface area is 127 Å². The highest BCUT2D eigenvalue weighted by Gasteiger charge is 2.21. The fraction of sp³-hybridized carbons (Fsp3) is 0.538. The van der Waals surface area contributed by atoms with Gasteiger partial charge in [-0.25, -0.2) is 0 Å². The number of nitrogens with zero attached hydrogens (tertiary/aromatic N) is 1. The van der Waals surface area contributed by atoms with Gasteiger partial charge in [0, 0.05) is 25.7 Å². The molecule has 2 N–H and O–H groups in total. The maximum Gasteiger partial charge on any atom is 0.118 e. The Hall–Kier alpha value is -0.520. The molecule has 1 aliphatic rings. The molecule has 0 saturated carbocycles. The SMILES string of the molecule is COc1ccc(C(CN)N2CCOCC2)cc1.Cl.Cl. The number of hydrogen-bond donors (Lipinski definition) is 1. The van der Waals surface area contributed by atoms with Crippen molar-refractivity contribution in [1.82, 2.24) is 4.90 Å². The van der Waals surface area contributed by atoms with Crippen molar-refractivity contribution in [3.8, 4) is 5.75 Å². The summed E-state index contributed by atoms with van der Waals surface area (Å²) in [5, 5.41) is 0. The highest BCUT2D eigenvalue weighted by atomic mass is 35.5. The van der Waals surface area contributed by atoms with E-state index in [1.54, 1.807) is 7.11 Å². The van der Waals surface area contributed by atoms with Crippen LogP contribution in [0.4, 0.5) is 0 Å². The van der Waals surface area contributed by atoms with Gasteiger partial charge in [0.1, 0.15) is 5.75 Å². The summed E-state index contributed by atoms with van der Waals surface area (Å²) in [6, 6.07) is 8.43. The number of ether oxygens (including phenoxy) is 2. The molecule has 0 spiro atoms. The highest BCUT2D eigenvalue weighted by molar-refractivity contribution is 5.85. The number of hydrogen-bond acceptors (Lipinski definition) is 4. The molecule has 0 aromatic heterocycles. The third-order valence-electron chi connectivity index (χ3n) is 3.21. The summed E-state index contributed by atoms with van der Waals surface area (Å²) in [5.41, 5.74) is 7.14. The number of methoxy groups -OCH3 is 1. The van der Waals surface area contributed by atoms with Crippen LogP contribution in [0.25, 0.3) is 0 Å². The molecule has 1 fully saturated rings. The normalized spacial score (nSPS) is 16.9. The van der Waals surface area contributed by atoms with Crippen LogP contribution in [0.2, 0.25) is 0 Å². The van der Waals surface area contributed by atoms with Crippen molar-refractivity contribution in [1.29, 1.82) is 0 Å². The van der Waals surface area contributed by atoms with Crippen LogP contribution in [-0.2, 0) is 4.74 Å². The summed E-state index contributed by atoms with van der Waals surface area (Å²) in [7, 11) is 1.68. The first-order valence-corrected chi connectivity index (χ1v) is 6.01. The molecule has 2 rings (SSSR count). The summed E-state index contributed by atoms with van der Waals surface area (Å²) in [6.07, 6.45) is 0. The van der Waals surface area contributed by atoms with E-state index in [1.165, 1.54) is 5.56 Å². The van der Waals surface area contributed by atoms with Gasteiger partial charge in [-0.2, -0.15) is 0 Å². The molecule has 1 aliphatic heterocycles. The number of halogens is 2. The topological polar surface area (TPSA) is 47.7 Å². The Balaban J connectivity index is 0.00000162. The monoisotopic (exact) mass is 308 g/mol. The van der Waals surface area contributed by atoms with Crippen molar-refractivity contribution in [2.24, 2.45) is 5.73 Å². The molecule has 110 valence electrons. The zero-order valence-corrected chi connectivity index (χ0v) is 12.7. The summed E-state index contributed by atoms with van der Waals surface area (Å²) < 4.78 is 10.5. The second-order valence-electron chi connectivity index (χ2n) is 4.17. The molecule has 4 nitrogen and oxygen atoms in total. The van der Waals surface area contributed by atoms with Crippen molar-refractivity contribution < 1.29 is 9.47 Å². The molecule has 1 saturated heterocycles. The van der Waals surface area contributed by atoms with E-state index in [2.05, 4.69) is 17.0 Å². The summed E-state index contributed by atoms with van der Waals surface area (Å²) in [4.78, 5) is 2.38. The van der Waals surface area contributed by atoms with Crippen molar-refractivity contribution in [2.75, 3.05) is 40.0 Å². The first-order chi connectivity index (χ1) is 8.35. The van der Waals surface area contributed by atoms with Crippen molar-refractivity contribution in [2.45, 2.75) is 6.04 Å². The fourth-order valence-corrected chi connectivity index (χ4v) is 2.21. The Morgan fingerprint density at radius 2 is 1.79 bits per heavy atom. The Bertz CT molecular complexity index is 343. The van der Waals surface area contributed by atoms with Crippen LogP contribution < -0.4 is 10.5 Å². The van der Waals surface area contributed by atoms with Gasteiger partial charge in [-0.15, -0.1) is 24.8 Å². The molecule has 1 unspecified atom stereocenters. The quantitative estimate of drug-likeness (QED) is 0.922. The van der Waals surface area contributed by atoms with Crippen molar-refractivity contribution in [3.63, 3.8) is 0 Å². The van der Waals surface area contributed by atoms with Crippen LogP contribution in [0.3, 0.4) is 0 Å². The standard InChI is InChI=1S/C13H20N2O2.2ClH/c1-16-12-4-2-11(3-5-12)13(10-14)15-6-8-17-9-7-15;;/h2-5,13H,6-10,14H2,1H3;2*1H. The molecule has 19 heavy (non-hydrogen) atoms. The van der Waals surface area contributed by atoms with Gasteiger partial charge in [0.05, 0.1) is 20.3 Å². The predicted octanol–water partition coefficient (Wildman–Crippen LogP) is 1.87. The second-order valence-corrected chi connectivity index (χ2v) is 4.17. The van der Waals surface area contributed by atoms with Crippen molar-refractivity contribution in [3.05, 3.63) is 29.8 Å². The van der Waals surface area contributed by atoms with Crippen LogP contribution in [-0.4, -0.2) is 44.9 Å². The van der Waals surface area contributed by atoms with Crippen LogP contribution in [0, 0.1) is 0 Å². The average molecular weight is 309 g/mol. The second kappa shape index (κ2) is 9.39. The molecule has 1 heterocycles. The minimum Gasteiger partial charge on any atom is -0.497 e. The predicted molar refractivity (Wildman–Crippen MR) is 81.7 cm³/mol. The van der Waals surface area contributed by atoms with Gasteiger partial charge in [0.25, 0.3) is 0 Å². The van der Waals surface area contributed by atoms with E-state index < -0.39 is 0 Å². The zero-order valence-electron chi connectivity index (χ0n) is 11.1. The van der Waals surface area contributed by atoms with Gasteiger partial charge < -0.3 is 15.2 Å². The fourth-order valence-electron chi connectivity index (χ4n) is 2.21. The van der Waals surface area contributed by atoms with E-state index in [4.69, 9.17) is 15.2 Å². The van der Waals surface area contributed by atoms with Gasteiger partial charge in [0.15, 0.2) is 0 Å². The van der Waals surface area contributed by atoms with Gasteiger partial charge in [0.2, 0.25) is 0 Å². The Morgan fingerprint density at radius 3 is 2.26 bits per heavy atom. The van der Waals surface area contributed by atoms with Gasteiger partial charge in [-0.05, 0) is 17.7 Å². The molecule has 0 aliphatic carbocycles. The molecule has 1 atom stereocenters. The molecular weight excluding hydrogens is 287 g/mol. The van der Waals surface area contributed by atoms with Gasteiger partial charge >= 0.3 is 0 Å². The van der Waals surface area contributed by atoms with E-state index in [9.17, 15) is 0 Å². The lowest BCUT2D eigenvalue weighted by Gasteiger charge is -2.34. The highest BCUT2D eigenvalue weighted by Crippen LogP contribution is 2.22. The number of rotatable bonds is 4. The first-order valence-electron chi connectivity index (χ1n) is 6.01. The molecule has 1 aromatic rings. The smallest absolute Gasteiger partial charge is 0.118 e. The minimum absolute atomic E-state index is 0. The lowest BCUT2D eigenvalue weighted by Crippen LogP contribution is -2.41. The number of nitrogens with two attached hydrogens (primary N) is 1. The van der Waals surface area contributed by atoms with Gasteiger partial charge in [-0.3, -0.25) is 4.90 Å². The molecule has 6 heteroatoms. The van der Waals surface area contributed by atoms with Crippen LogP contribution in [0.5, 0.6) is 5.75 Å². The number of morpholine rings is 1. The third kappa shape index (κ3) is 4.82. The van der Waals surface area contributed by atoms with E-state index >= 15 is 0 Å². The number of benzene rings is 1. The molecule has 0 radical (unpaired) electrons. The molecule has 0 amide bonds. The van der Waals surface area contributed by atoms with E-state index in [0.717, 1.165) is 32.1 Å². The van der Waals surface area contributed by atoms with Crippen LogP contribution in [0.1, 0.15) is 11.6 Å². The minimum atomic E-state index is 0. The summed E-state index contributed by atoms with van der Waals surface area (Å²) >= 11 is 0. The lowest BCUT2D eigenvalue weighted by atomic mass is 10.0. The molecular formula is C13H22Cl2N2O2.